The van der Waals surface area contributed by atoms with Gasteiger partial charge in [-0.15, -0.1) is 0 Å². The molecule has 0 aromatic heterocycles. The predicted molar refractivity (Wildman–Crippen MR) is 284 cm³/mol. The summed E-state index contributed by atoms with van der Waals surface area (Å²) in [4.78, 5) is 38.0. The first-order chi connectivity index (χ1) is 32.4. The van der Waals surface area contributed by atoms with E-state index in [4.69, 9.17) is 4.74 Å². The fraction of sp³-hybridized carbons (Fsp3) is 0.965. The lowest BCUT2D eigenvalue weighted by Crippen LogP contribution is -2.52. The number of carbonyl (C=O) groups is 2. The van der Waals surface area contributed by atoms with Crippen LogP contribution in [0.4, 0.5) is 0 Å². The molecule has 1 aliphatic rings. The topological polar surface area (TPSA) is 79.8 Å². The average Bonchev–Trinajstić information content (AvgIpc) is 3.33. The summed E-state index contributed by atoms with van der Waals surface area (Å²) in [6, 6.07) is 0. The van der Waals surface area contributed by atoms with E-state index in [1.54, 1.807) is 0 Å². The molecule has 0 radical (unpaired) electrons. The number of unbranched alkanes of at least 4 members (excludes halogenated alkanes) is 26. The predicted octanol–water partition coefficient (Wildman–Crippen LogP) is 13.7. The molecule has 1 heterocycles. The van der Waals surface area contributed by atoms with Crippen LogP contribution in [-0.4, -0.2) is 139 Å². The Morgan fingerprint density at radius 2 is 0.758 bits per heavy atom. The number of hydrogen-bond acceptors (Lipinski definition) is 8. The Morgan fingerprint density at radius 1 is 0.409 bits per heavy atom. The van der Waals surface area contributed by atoms with Crippen molar-refractivity contribution in [1.29, 1.82) is 0 Å². The summed E-state index contributed by atoms with van der Waals surface area (Å²) in [6.45, 7) is 24.0. The van der Waals surface area contributed by atoms with E-state index in [1.165, 1.54) is 193 Å². The molecule has 1 atom stereocenters. The highest BCUT2D eigenvalue weighted by molar-refractivity contribution is 5.76. The zero-order valence-corrected chi connectivity index (χ0v) is 45.1. The van der Waals surface area contributed by atoms with E-state index in [0.29, 0.717) is 39.0 Å². The van der Waals surface area contributed by atoms with Crippen molar-refractivity contribution >= 4 is 11.9 Å². The fourth-order valence-electron chi connectivity index (χ4n) is 9.69. The zero-order chi connectivity index (χ0) is 48.0. The lowest BCUT2D eigenvalue weighted by atomic mass is 10.1. The molecule has 1 rings (SSSR count). The minimum atomic E-state index is -0.502. The number of piperazine rings is 1. The summed E-state index contributed by atoms with van der Waals surface area (Å²) in [6.07, 6.45) is 42.5. The lowest BCUT2D eigenvalue weighted by molar-refractivity contribution is -0.144. The van der Waals surface area contributed by atoms with Gasteiger partial charge in [-0.25, -0.2) is 0 Å². The van der Waals surface area contributed by atoms with Crippen LogP contribution in [0.3, 0.4) is 0 Å². The van der Waals surface area contributed by atoms with Crippen LogP contribution in [0.15, 0.2) is 0 Å². The SMILES string of the molecule is CCCCCCCCCN(CCCOC(=O)CCCCC)CCC(O)N1CCN(C(=O)CCN(CCCCCCCCC)CCN(CCCCCCCCC)CCCCCCCCC)CC1. The van der Waals surface area contributed by atoms with E-state index in [2.05, 4.69) is 59.1 Å². The minimum Gasteiger partial charge on any atom is -0.466 e. The molecule has 0 saturated carbocycles. The Labute approximate surface area is 411 Å². The van der Waals surface area contributed by atoms with Crippen LogP contribution in [0, 0.1) is 0 Å². The first-order valence-corrected chi connectivity index (χ1v) is 29.4. The highest BCUT2D eigenvalue weighted by atomic mass is 16.5. The van der Waals surface area contributed by atoms with Gasteiger partial charge in [0.2, 0.25) is 5.91 Å². The molecule has 66 heavy (non-hydrogen) atoms. The summed E-state index contributed by atoms with van der Waals surface area (Å²) in [5.74, 6) is 0.213. The van der Waals surface area contributed by atoms with Gasteiger partial charge in [-0.1, -0.05) is 202 Å². The van der Waals surface area contributed by atoms with Crippen molar-refractivity contribution in [3.05, 3.63) is 0 Å². The van der Waals surface area contributed by atoms with E-state index in [0.717, 1.165) is 84.6 Å². The van der Waals surface area contributed by atoms with Crippen LogP contribution in [0.25, 0.3) is 0 Å². The smallest absolute Gasteiger partial charge is 0.305 e. The van der Waals surface area contributed by atoms with Crippen molar-refractivity contribution in [2.75, 3.05) is 91.7 Å². The second kappa shape index (κ2) is 47.4. The van der Waals surface area contributed by atoms with E-state index >= 15 is 0 Å². The molecule has 1 unspecified atom stereocenters. The van der Waals surface area contributed by atoms with Gasteiger partial charge in [-0.3, -0.25) is 14.5 Å². The molecular formula is C57H115N5O4. The molecule has 1 N–H and O–H groups in total. The number of rotatable bonds is 50. The highest BCUT2D eigenvalue weighted by Gasteiger charge is 2.26. The van der Waals surface area contributed by atoms with E-state index < -0.39 is 6.23 Å². The number of aliphatic hydroxyl groups excluding tert-OH is 1. The molecule has 0 spiro atoms. The molecule has 0 aromatic rings. The summed E-state index contributed by atoms with van der Waals surface area (Å²) >= 11 is 0. The van der Waals surface area contributed by atoms with Crippen LogP contribution in [-0.2, 0) is 14.3 Å². The molecule has 1 aliphatic heterocycles. The number of nitrogens with zero attached hydrogens (tertiary/aromatic N) is 5. The van der Waals surface area contributed by atoms with Crippen molar-refractivity contribution in [3.8, 4) is 0 Å². The van der Waals surface area contributed by atoms with Gasteiger partial charge in [0, 0.05) is 71.7 Å². The monoisotopic (exact) mass is 934 g/mol. The van der Waals surface area contributed by atoms with E-state index in [1.807, 2.05) is 0 Å². The van der Waals surface area contributed by atoms with Gasteiger partial charge in [-0.2, -0.15) is 0 Å². The Kier molecular flexibility index (Phi) is 45.1. The first-order valence-electron chi connectivity index (χ1n) is 29.4. The lowest BCUT2D eigenvalue weighted by Gasteiger charge is -2.38. The Morgan fingerprint density at radius 3 is 1.18 bits per heavy atom. The average molecular weight is 935 g/mol. The maximum Gasteiger partial charge on any atom is 0.305 e. The third-order valence-corrected chi connectivity index (χ3v) is 14.3. The van der Waals surface area contributed by atoms with Crippen molar-refractivity contribution in [2.45, 2.75) is 266 Å². The fourth-order valence-corrected chi connectivity index (χ4v) is 9.69. The first kappa shape index (κ1) is 62.8. The number of aliphatic hydroxyl groups is 1. The molecule has 1 saturated heterocycles. The van der Waals surface area contributed by atoms with Crippen molar-refractivity contribution in [1.82, 2.24) is 24.5 Å². The van der Waals surface area contributed by atoms with Crippen LogP contribution in [0.2, 0.25) is 0 Å². The molecule has 0 aromatic carbocycles. The number of esters is 1. The molecule has 0 bridgehead atoms. The highest BCUT2D eigenvalue weighted by Crippen LogP contribution is 2.15. The van der Waals surface area contributed by atoms with Gasteiger partial charge in [0.1, 0.15) is 6.23 Å². The van der Waals surface area contributed by atoms with Crippen molar-refractivity contribution < 1.29 is 19.4 Å². The van der Waals surface area contributed by atoms with Crippen LogP contribution in [0.1, 0.15) is 259 Å². The van der Waals surface area contributed by atoms with E-state index in [9.17, 15) is 14.7 Å². The van der Waals surface area contributed by atoms with Crippen LogP contribution >= 0.6 is 0 Å². The standard InChI is InChI=1S/C57H115N5O4/c1-6-11-16-20-24-28-33-41-58(45-37-54-66-57(65)38-32-15-10-5)46-39-55(63)61-50-52-62(53-51-61)56(64)40-47-60(44-36-31-27-23-19-14-9-4)49-48-59(42-34-29-25-21-17-12-7-2)43-35-30-26-22-18-13-8-3/h55,63H,6-54H2,1-5H3. The number of amides is 1. The Hall–Kier alpha value is -1.26. The van der Waals surface area contributed by atoms with Gasteiger partial charge in [0.25, 0.3) is 0 Å². The molecule has 392 valence electrons. The molecule has 1 fully saturated rings. The third kappa shape index (κ3) is 37.6. The Balaban J connectivity index is 2.70. The van der Waals surface area contributed by atoms with Gasteiger partial charge in [0.05, 0.1) is 6.61 Å². The normalized spacial score (nSPS) is 14.0. The van der Waals surface area contributed by atoms with E-state index in [-0.39, 0.29) is 11.9 Å². The van der Waals surface area contributed by atoms with Gasteiger partial charge in [0.15, 0.2) is 0 Å². The summed E-state index contributed by atoms with van der Waals surface area (Å²) in [5, 5.41) is 11.4. The number of hydrogen-bond donors (Lipinski definition) is 1. The third-order valence-electron chi connectivity index (χ3n) is 14.3. The maximum atomic E-state index is 13.7. The Bertz CT molecular complexity index is 1020. The quantitative estimate of drug-likeness (QED) is 0.0477. The maximum absolute atomic E-state index is 13.7. The molecule has 9 heteroatoms. The molecule has 1 amide bonds. The number of carbonyl (C=O) groups excluding carboxylic acids is 2. The zero-order valence-electron chi connectivity index (χ0n) is 45.1. The van der Waals surface area contributed by atoms with Gasteiger partial charge >= 0.3 is 5.97 Å². The van der Waals surface area contributed by atoms with Crippen molar-refractivity contribution in [3.63, 3.8) is 0 Å². The van der Waals surface area contributed by atoms with Crippen LogP contribution in [0.5, 0.6) is 0 Å². The number of ether oxygens (including phenoxy) is 1. The molecule has 0 aliphatic carbocycles. The van der Waals surface area contributed by atoms with Gasteiger partial charge < -0.3 is 29.4 Å². The molecule has 9 nitrogen and oxygen atoms in total. The largest absolute Gasteiger partial charge is 0.466 e. The van der Waals surface area contributed by atoms with Crippen molar-refractivity contribution in [2.24, 2.45) is 0 Å². The summed E-state index contributed by atoms with van der Waals surface area (Å²) < 4.78 is 5.55. The second-order valence-electron chi connectivity index (χ2n) is 20.5. The minimum absolute atomic E-state index is 0.0685. The molecular weight excluding hydrogens is 819 g/mol. The summed E-state index contributed by atoms with van der Waals surface area (Å²) in [7, 11) is 0. The second-order valence-corrected chi connectivity index (χ2v) is 20.5. The van der Waals surface area contributed by atoms with Gasteiger partial charge in [-0.05, 0) is 71.1 Å². The summed E-state index contributed by atoms with van der Waals surface area (Å²) in [5.41, 5.74) is 0. The van der Waals surface area contributed by atoms with Crippen LogP contribution < -0.4 is 0 Å².